The van der Waals surface area contributed by atoms with Gasteiger partial charge in [-0.1, -0.05) is 18.2 Å². The first kappa shape index (κ1) is 14.0. The molecule has 0 saturated carbocycles. The van der Waals surface area contributed by atoms with Crippen LogP contribution in [-0.4, -0.2) is 5.78 Å². The zero-order valence-electron chi connectivity index (χ0n) is 11.3. The van der Waals surface area contributed by atoms with Crippen molar-refractivity contribution in [3.05, 3.63) is 69.6 Å². The van der Waals surface area contributed by atoms with Gasteiger partial charge >= 0.3 is 0 Å². The Balaban J connectivity index is 1.93. The van der Waals surface area contributed by atoms with Gasteiger partial charge in [0.2, 0.25) is 5.78 Å². The number of furan rings is 1. The van der Waals surface area contributed by atoms with Crippen LogP contribution in [0.25, 0.3) is 11.0 Å². The van der Waals surface area contributed by atoms with Crippen LogP contribution in [-0.2, 0) is 6.42 Å². The standard InChI is InChI=1S/C17H12BrFO2/c1-10-5-6-13(19)7-12(10)8-15(20)16-9-11-3-2-4-14(18)17(11)21-16/h2-7,9H,8H2,1H3. The number of benzene rings is 2. The minimum Gasteiger partial charge on any atom is -0.452 e. The molecule has 3 rings (SSSR count). The number of halogens is 2. The second-order valence-corrected chi connectivity index (χ2v) is 5.79. The lowest BCUT2D eigenvalue weighted by Crippen LogP contribution is -2.04. The van der Waals surface area contributed by atoms with Crippen LogP contribution in [0.1, 0.15) is 21.7 Å². The van der Waals surface area contributed by atoms with Gasteiger partial charge in [-0.2, -0.15) is 0 Å². The van der Waals surface area contributed by atoms with Crippen molar-refractivity contribution in [2.45, 2.75) is 13.3 Å². The molecule has 2 nitrogen and oxygen atoms in total. The van der Waals surface area contributed by atoms with Crippen molar-refractivity contribution in [3.63, 3.8) is 0 Å². The number of hydrogen-bond acceptors (Lipinski definition) is 2. The lowest BCUT2D eigenvalue weighted by Gasteiger charge is -2.03. The molecule has 0 bridgehead atoms. The third-order valence-electron chi connectivity index (χ3n) is 3.43. The van der Waals surface area contributed by atoms with Crippen molar-refractivity contribution < 1.29 is 13.6 Å². The monoisotopic (exact) mass is 346 g/mol. The van der Waals surface area contributed by atoms with E-state index < -0.39 is 0 Å². The molecular formula is C17H12BrFO2. The Morgan fingerprint density at radius 2 is 2.05 bits per heavy atom. The smallest absolute Gasteiger partial charge is 0.202 e. The van der Waals surface area contributed by atoms with Gasteiger partial charge in [0.15, 0.2) is 5.76 Å². The zero-order valence-corrected chi connectivity index (χ0v) is 12.9. The maximum Gasteiger partial charge on any atom is 0.202 e. The van der Waals surface area contributed by atoms with E-state index in [9.17, 15) is 9.18 Å². The third-order valence-corrected chi connectivity index (χ3v) is 4.06. The first-order chi connectivity index (χ1) is 10.0. The molecule has 0 saturated heterocycles. The average Bonchev–Trinajstić information content (AvgIpc) is 2.88. The molecule has 1 heterocycles. The Hall–Kier alpha value is -1.94. The molecule has 21 heavy (non-hydrogen) atoms. The molecular weight excluding hydrogens is 335 g/mol. The summed E-state index contributed by atoms with van der Waals surface area (Å²) >= 11 is 3.39. The number of aryl methyl sites for hydroxylation is 1. The number of Topliss-reactive ketones (excluding diaryl/α,β-unsaturated/α-hetero) is 1. The quantitative estimate of drug-likeness (QED) is 0.620. The molecule has 0 atom stereocenters. The Kier molecular flexibility index (Phi) is 3.64. The molecule has 106 valence electrons. The van der Waals surface area contributed by atoms with E-state index in [1.807, 2.05) is 25.1 Å². The molecule has 0 amide bonds. The van der Waals surface area contributed by atoms with E-state index in [1.54, 1.807) is 12.1 Å². The minimum atomic E-state index is -0.337. The molecule has 1 aromatic heterocycles. The van der Waals surface area contributed by atoms with Gasteiger partial charge in [0.05, 0.1) is 4.47 Å². The fourth-order valence-corrected chi connectivity index (χ4v) is 2.72. The van der Waals surface area contributed by atoms with Gasteiger partial charge in [-0.15, -0.1) is 0 Å². The fourth-order valence-electron chi connectivity index (χ4n) is 2.26. The number of para-hydroxylation sites is 1. The summed E-state index contributed by atoms with van der Waals surface area (Å²) in [7, 11) is 0. The lowest BCUT2D eigenvalue weighted by molar-refractivity contribution is 0.0968. The van der Waals surface area contributed by atoms with Crippen LogP contribution in [0, 0.1) is 12.7 Å². The predicted molar refractivity (Wildman–Crippen MR) is 83.1 cm³/mol. The first-order valence-electron chi connectivity index (χ1n) is 6.51. The molecule has 0 unspecified atom stereocenters. The largest absolute Gasteiger partial charge is 0.452 e. The summed E-state index contributed by atoms with van der Waals surface area (Å²) < 4.78 is 19.7. The number of carbonyl (C=O) groups is 1. The van der Waals surface area contributed by atoms with Crippen LogP contribution in [0.15, 0.2) is 51.4 Å². The number of carbonyl (C=O) groups excluding carboxylic acids is 1. The van der Waals surface area contributed by atoms with Crippen LogP contribution in [0.3, 0.4) is 0 Å². The van der Waals surface area contributed by atoms with Gasteiger partial charge in [-0.3, -0.25) is 4.79 Å². The molecule has 0 radical (unpaired) electrons. The van der Waals surface area contributed by atoms with Gasteiger partial charge in [0.1, 0.15) is 11.4 Å². The number of rotatable bonds is 3. The average molecular weight is 347 g/mol. The molecule has 0 N–H and O–H groups in total. The summed E-state index contributed by atoms with van der Waals surface area (Å²) in [5.74, 6) is -0.205. The molecule has 0 fully saturated rings. The summed E-state index contributed by atoms with van der Waals surface area (Å²) in [6.07, 6.45) is 0.126. The van der Waals surface area contributed by atoms with Gasteiger partial charge in [-0.05, 0) is 58.2 Å². The predicted octanol–water partition coefficient (Wildman–Crippen LogP) is 5.07. The van der Waals surface area contributed by atoms with Crippen LogP contribution >= 0.6 is 15.9 Å². The van der Waals surface area contributed by atoms with E-state index in [-0.39, 0.29) is 18.0 Å². The van der Waals surface area contributed by atoms with Gasteiger partial charge in [0.25, 0.3) is 0 Å². The Bertz CT molecular complexity index is 836. The van der Waals surface area contributed by atoms with Crippen molar-refractivity contribution in [3.8, 4) is 0 Å². The van der Waals surface area contributed by atoms with E-state index in [0.29, 0.717) is 16.9 Å². The second kappa shape index (κ2) is 5.45. The topological polar surface area (TPSA) is 30.2 Å². The van der Waals surface area contributed by atoms with Crippen LogP contribution < -0.4 is 0 Å². The van der Waals surface area contributed by atoms with Crippen LogP contribution in [0.4, 0.5) is 4.39 Å². The van der Waals surface area contributed by atoms with Gasteiger partial charge in [-0.25, -0.2) is 4.39 Å². The van der Waals surface area contributed by atoms with E-state index in [0.717, 1.165) is 15.4 Å². The molecule has 0 aliphatic carbocycles. The number of ketones is 1. The lowest BCUT2D eigenvalue weighted by atomic mass is 10.0. The van der Waals surface area contributed by atoms with E-state index in [1.165, 1.54) is 12.1 Å². The maximum atomic E-state index is 13.3. The van der Waals surface area contributed by atoms with Crippen LogP contribution in [0.2, 0.25) is 0 Å². The normalized spacial score (nSPS) is 11.0. The summed E-state index contributed by atoms with van der Waals surface area (Å²) in [5.41, 5.74) is 2.22. The summed E-state index contributed by atoms with van der Waals surface area (Å²) in [6, 6.07) is 11.8. The maximum absolute atomic E-state index is 13.3. The minimum absolute atomic E-state index is 0.126. The van der Waals surface area contributed by atoms with Crippen molar-refractivity contribution in [2.75, 3.05) is 0 Å². The highest BCUT2D eigenvalue weighted by atomic mass is 79.9. The molecule has 4 heteroatoms. The summed E-state index contributed by atoms with van der Waals surface area (Å²) in [5, 5.41) is 0.865. The van der Waals surface area contributed by atoms with Crippen molar-refractivity contribution in [1.29, 1.82) is 0 Å². The summed E-state index contributed by atoms with van der Waals surface area (Å²) in [6.45, 7) is 1.86. The van der Waals surface area contributed by atoms with E-state index in [4.69, 9.17) is 4.42 Å². The highest BCUT2D eigenvalue weighted by molar-refractivity contribution is 9.10. The Labute approximate surface area is 129 Å². The van der Waals surface area contributed by atoms with E-state index >= 15 is 0 Å². The SMILES string of the molecule is Cc1ccc(F)cc1CC(=O)c1cc2cccc(Br)c2o1. The number of fused-ring (bicyclic) bond motifs is 1. The first-order valence-corrected chi connectivity index (χ1v) is 7.30. The summed E-state index contributed by atoms with van der Waals surface area (Å²) in [4.78, 5) is 12.3. The second-order valence-electron chi connectivity index (χ2n) is 4.94. The highest BCUT2D eigenvalue weighted by Crippen LogP contribution is 2.27. The highest BCUT2D eigenvalue weighted by Gasteiger charge is 2.15. The molecule has 0 spiro atoms. The molecule has 2 aromatic carbocycles. The fraction of sp³-hybridized carbons (Fsp3) is 0.118. The van der Waals surface area contributed by atoms with Crippen molar-refractivity contribution >= 4 is 32.7 Å². The molecule has 0 aliphatic heterocycles. The number of hydrogen-bond donors (Lipinski definition) is 0. The van der Waals surface area contributed by atoms with Gasteiger partial charge < -0.3 is 4.42 Å². The van der Waals surface area contributed by atoms with Gasteiger partial charge in [0, 0.05) is 11.8 Å². The Morgan fingerprint density at radius 3 is 2.81 bits per heavy atom. The Morgan fingerprint density at radius 1 is 1.24 bits per heavy atom. The van der Waals surface area contributed by atoms with Crippen LogP contribution in [0.5, 0.6) is 0 Å². The van der Waals surface area contributed by atoms with Crippen molar-refractivity contribution in [2.24, 2.45) is 0 Å². The zero-order chi connectivity index (χ0) is 15.0. The molecule has 3 aromatic rings. The molecule has 0 aliphatic rings. The van der Waals surface area contributed by atoms with Crippen molar-refractivity contribution in [1.82, 2.24) is 0 Å². The third kappa shape index (κ3) is 2.76. The van der Waals surface area contributed by atoms with E-state index in [2.05, 4.69) is 15.9 Å².